The van der Waals surface area contributed by atoms with Gasteiger partial charge in [-0.05, 0) is 31.0 Å². The zero-order valence-corrected chi connectivity index (χ0v) is 17.6. The Kier molecular flexibility index (Phi) is 6.91. The number of nitrogens with zero attached hydrogens (tertiary/aromatic N) is 3. The number of hydrogen-bond acceptors (Lipinski definition) is 8. The Hall–Kier alpha value is -3.11. The number of hydrogen-bond donors (Lipinski definition) is 1. The van der Waals surface area contributed by atoms with E-state index in [4.69, 9.17) is 20.8 Å². The van der Waals surface area contributed by atoms with Crippen molar-refractivity contribution in [3.63, 3.8) is 0 Å². The van der Waals surface area contributed by atoms with Gasteiger partial charge in [0.05, 0.1) is 21.4 Å². The molecule has 30 heavy (non-hydrogen) atoms. The second-order valence-corrected chi connectivity index (χ2v) is 7.56. The van der Waals surface area contributed by atoms with Crippen molar-refractivity contribution < 1.29 is 18.9 Å². The first kappa shape index (κ1) is 21.6. The number of anilines is 1. The summed E-state index contributed by atoms with van der Waals surface area (Å²) in [5.74, 6) is 0.577. The molecule has 0 bridgehead atoms. The predicted octanol–water partition coefficient (Wildman–Crippen LogP) is 4.56. The molecule has 0 spiro atoms. The van der Waals surface area contributed by atoms with E-state index in [0.717, 1.165) is 28.6 Å². The number of carbonyl (C=O) groups is 1. The lowest BCUT2D eigenvalue weighted by Gasteiger charge is -2.09. The highest BCUT2D eigenvalue weighted by Gasteiger charge is 2.14. The number of amides is 1. The summed E-state index contributed by atoms with van der Waals surface area (Å²) in [7, 11) is 0. The molecular formula is C19H17ClN4O5S. The Bertz CT molecular complexity index is 1070. The van der Waals surface area contributed by atoms with Gasteiger partial charge in [0.1, 0.15) is 5.75 Å². The normalized spacial score (nSPS) is 10.6. The van der Waals surface area contributed by atoms with Crippen molar-refractivity contribution in [1.82, 2.24) is 10.2 Å². The van der Waals surface area contributed by atoms with Gasteiger partial charge in [0.2, 0.25) is 5.91 Å². The van der Waals surface area contributed by atoms with Crippen LogP contribution < -0.4 is 10.1 Å². The number of non-ortho nitro benzene ring substituents is 1. The third kappa shape index (κ3) is 5.49. The number of nitro groups is 1. The predicted molar refractivity (Wildman–Crippen MR) is 112 cm³/mol. The Morgan fingerprint density at radius 3 is 2.70 bits per heavy atom. The topological polar surface area (TPSA) is 120 Å². The molecule has 1 aromatic heterocycles. The highest BCUT2D eigenvalue weighted by Crippen LogP contribution is 2.27. The van der Waals surface area contributed by atoms with E-state index in [1.54, 1.807) is 0 Å². The zero-order chi connectivity index (χ0) is 21.7. The van der Waals surface area contributed by atoms with Crippen molar-refractivity contribution in [3.05, 3.63) is 68.6 Å². The van der Waals surface area contributed by atoms with Crippen LogP contribution >= 0.6 is 23.4 Å². The lowest BCUT2D eigenvalue weighted by molar-refractivity contribution is -0.384. The van der Waals surface area contributed by atoms with E-state index < -0.39 is 10.8 Å². The summed E-state index contributed by atoms with van der Waals surface area (Å²) in [6.45, 7) is 4.00. The number of carbonyl (C=O) groups excluding carboxylic acids is 1. The first-order valence-electron chi connectivity index (χ1n) is 8.71. The number of aryl methyl sites for hydroxylation is 2. The Balaban J connectivity index is 1.53. The number of nitro benzene ring substituents is 1. The third-order valence-electron chi connectivity index (χ3n) is 3.96. The maximum absolute atomic E-state index is 12.1. The van der Waals surface area contributed by atoms with Crippen molar-refractivity contribution in [2.45, 2.75) is 25.7 Å². The number of para-hydroxylation sites is 1. The molecule has 0 saturated heterocycles. The highest BCUT2D eigenvalue weighted by molar-refractivity contribution is 7.99. The van der Waals surface area contributed by atoms with Crippen LogP contribution in [0.4, 0.5) is 11.4 Å². The van der Waals surface area contributed by atoms with Crippen LogP contribution in [0.1, 0.15) is 17.0 Å². The highest BCUT2D eigenvalue weighted by atomic mass is 35.5. The summed E-state index contributed by atoms with van der Waals surface area (Å²) in [6.07, 6.45) is 0. The standard InChI is InChI=1S/C19H17ClN4O5S/c1-11-4-3-5-12(2)18(11)28-9-17-22-23-19(29-17)30-10-16(25)21-15-8-13(24(26)27)6-7-14(15)20/h3-8H,9-10H2,1-2H3,(H,21,25). The molecule has 2 aromatic carbocycles. The average Bonchev–Trinajstić information content (AvgIpc) is 3.15. The summed E-state index contributed by atoms with van der Waals surface area (Å²) < 4.78 is 11.2. The van der Waals surface area contributed by atoms with Gasteiger partial charge >= 0.3 is 0 Å². The fraction of sp³-hybridized carbons (Fsp3) is 0.211. The molecule has 11 heteroatoms. The van der Waals surface area contributed by atoms with E-state index >= 15 is 0 Å². The molecule has 0 radical (unpaired) electrons. The molecule has 1 N–H and O–H groups in total. The van der Waals surface area contributed by atoms with Crippen LogP contribution in [0, 0.1) is 24.0 Å². The molecule has 0 atom stereocenters. The molecule has 3 rings (SSSR count). The first-order valence-corrected chi connectivity index (χ1v) is 10.1. The molecule has 0 saturated carbocycles. The number of benzene rings is 2. The Labute approximate surface area is 180 Å². The van der Waals surface area contributed by atoms with Gasteiger partial charge in [-0.2, -0.15) is 0 Å². The fourth-order valence-corrected chi connectivity index (χ4v) is 3.30. The van der Waals surface area contributed by atoms with Gasteiger partial charge in [-0.25, -0.2) is 0 Å². The molecule has 0 aliphatic rings. The number of halogens is 1. The molecule has 0 aliphatic heterocycles. The monoisotopic (exact) mass is 448 g/mol. The summed E-state index contributed by atoms with van der Waals surface area (Å²) >= 11 is 7.00. The lowest BCUT2D eigenvalue weighted by Crippen LogP contribution is -2.14. The minimum Gasteiger partial charge on any atom is -0.483 e. The number of aromatic nitrogens is 2. The van der Waals surface area contributed by atoms with Crippen LogP contribution in [-0.4, -0.2) is 26.8 Å². The molecule has 0 unspecified atom stereocenters. The van der Waals surface area contributed by atoms with Crippen molar-refractivity contribution in [3.8, 4) is 5.75 Å². The van der Waals surface area contributed by atoms with Gasteiger partial charge in [-0.3, -0.25) is 14.9 Å². The summed E-state index contributed by atoms with van der Waals surface area (Å²) in [4.78, 5) is 22.4. The van der Waals surface area contributed by atoms with Crippen molar-refractivity contribution in [2.24, 2.45) is 0 Å². The molecule has 9 nitrogen and oxygen atoms in total. The van der Waals surface area contributed by atoms with Gasteiger partial charge < -0.3 is 14.5 Å². The molecule has 0 aliphatic carbocycles. The number of ether oxygens (including phenoxy) is 1. The van der Waals surface area contributed by atoms with Gasteiger partial charge in [-0.15, -0.1) is 10.2 Å². The second-order valence-electron chi connectivity index (χ2n) is 6.23. The minimum absolute atomic E-state index is 0.0432. The molecule has 0 fully saturated rings. The van der Waals surface area contributed by atoms with Crippen molar-refractivity contribution in [2.75, 3.05) is 11.1 Å². The molecule has 1 amide bonds. The zero-order valence-electron chi connectivity index (χ0n) is 16.0. The van der Waals surface area contributed by atoms with Crippen molar-refractivity contribution >= 4 is 40.6 Å². The van der Waals surface area contributed by atoms with E-state index in [1.807, 2.05) is 32.0 Å². The van der Waals surface area contributed by atoms with Gasteiger partial charge in [-0.1, -0.05) is 41.6 Å². The Morgan fingerprint density at radius 2 is 2.00 bits per heavy atom. The quantitative estimate of drug-likeness (QED) is 0.302. The van der Waals surface area contributed by atoms with Gasteiger partial charge in [0.25, 0.3) is 16.8 Å². The summed E-state index contributed by atoms with van der Waals surface area (Å²) in [5, 5.41) is 21.6. The van der Waals surface area contributed by atoms with E-state index in [2.05, 4.69) is 15.5 Å². The molecule has 156 valence electrons. The van der Waals surface area contributed by atoms with Crippen LogP contribution in [0.25, 0.3) is 0 Å². The number of thioether (sulfide) groups is 1. The first-order chi connectivity index (χ1) is 14.3. The maximum atomic E-state index is 12.1. The minimum atomic E-state index is -0.568. The largest absolute Gasteiger partial charge is 0.483 e. The van der Waals surface area contributed by atoms with Crippen LogP contribution in [0.3, 0.4) is 0 Å². The summed E-state index contributed by atoms with van der Waals surface area (Å²) in [5.41, 5.74) is 1.98. The van der Waals surface area contributed by atoms with Crippen LogP contribution in [0.5, 0.6) is 5.75 Å². The molecule has 1 heterocycles. The fourth-order valence-electron chi connectivity index (χ4n) is 2.55. The van der Waals surface area contributed by atoms with E-state index in [-0.39, 0.29) is 39.9 Å². The third-order valence-corrected chi connectivity index (χ3v) is 5.11. The van der Waals surface area contributed by atoms with Crippen LogP contribution in [0.2, 0.25) is 5.02 Å². The van der Waals surface area contributed by atoms with E-state index in [1.165, 1.54) is 18.2 Å². The molecular weight excluding hydrogens is 432 g/mol. The average molecular weight is 449 g/mol. The number of rotatable bonds is 8. The maximum Gasteiger partial charge on any atom is 0.277 e. The van der Waals surface area contributed by atoms with Gasteiger partial charge in [0.15, 0.2) is 6.61 Å². The van der Waals surface area contributed by atoms with Gasteiger partial charge in [0, 0.05) is 12.1 Å². The number of nitrogens with one attached hydrogen (secondary N) is 1. The molecule has 3 aromatic rings. The summed E-state index contributed by atoms with van der Waals surface area (Å²) in [6, 6.07) is 9.65. The second kappa shape index (κ2) is 9.59. The van der Waals surface area contributed by atoms with Crippen LogP contribution in [0.15, 0.2) is 46.0 Å². The lowest BCUT2D eigenvalue weighted by atomic mass is 10.1. The van der Waals surface area contributed by atoms with Crippen LogP contribution in [-0.2, 0) is 11.4 Å². The van der Waals surface area contributed by atoms with Crippen molar-refractivity contribution in [1.29, 1.82) is 0 Å². The van der Waals surface area contributed by atoms with E-state index in [0.29, 0.717) is 0 Å². The Morgan fingerprint density at radius 1 is 1.27 bits per heavy atom. The SMILES string of the molecule is Cc1cccc(C)c1OCc1nnc(SCC(=O)Nc2cc([N+](=O)[O-])ccc2Cl)o1. The van der Waals surface area contributed by atoms with E-state index in [9.17, 15) is 14.9 Å². The smallest absolute Gasteiger partial charge is 0.277 e.